The predicted octanol–water partition coefficient (Wildman–Crippen LogP) is 2.29. The number of benzene rings is 1. The van der Waals surface area contributed by atoms with Crippen molar-refractivity contribution in [3.8, 4) is 0 Å². The summed E-state index contributed by atoms with van der Waals surface area (Å²) in [7, 11) is 1.65. The molecular formula is C14H22N2O2. The first-order valence-electron chi connectivity index (χ1n) is 6.07. The Morgan fingerprint density at radius 2 is 2.17 bits per heavy atom. The molecule has 0 atom stereocenters. The summed E-state index contributed by atoms with van der Waals surface area (Å²) in [6.07, 6.45) is 1.09. The molecule has 4 heteroatoms. The molecule has 18 heavy (non-hydrogen) atoms. The molecule has 0 heterocycles. The SMILES string of the molecule is COCc1cccc(NC(=O)CCC(C)(C)N)c1. The van der Waals surface area contributed by atoms with Gasteiger partial charge in [0.25, 0.3) is 0 Å². The average molecular weight is 250 g/mol. The highest BCUT2D eigenvalue weighted by Crippen LogP contribution is 2.13. The van der Waals surface area contributed by atoms with Gasteiger partial charge in [0.2, 0.25) is 5.91 Å². The number of carbonyl (C=O) groups excluding carboxylic acids is 1. The molecule has 0 saturated heterocycles. The van der Waals surface area contributed by atoms with Crippen LogP contribution in [0.15, 0.2) is 24.3 Å². The third kappa shape index (κ3) is 5.80. The lowest BCUT2D eigenvalue weighted by Crippen LogP contribution is -2.33. The fourth-order valence-corrected chi connectivity index (χ4v) is 1.56. The molecule has 0 aromatic heterocycles. The number of rotatable bonds is 6. The van der Waals surface area contributed by atoms with Crippen molar-refractivity contribution < 1.29 is 9.53 Å². The van der Waals surface area contributed by atoms with Crippen molar-refractivity contribution in [1.82, 2.24) is 0 Å². The second-order valence-corrected chi connectivity index (χ2v) is 5.17. The normalized spacial score (nSPS) is 11.3. The summed E-state index contributed by atoms with van der Waals surface area (Å²) in [4.78, 5) is 11.7. The van der Waals surface area contributed by atoms with Crippen LogP contribution in [-0.4, -0.2) is 18.6 Å². The molecule has 0 spiro atoms. The van der Waals surface area contributed by atoms with Gasteiger partial charge in [0.15, 0.2) is 0 Å². The topological polar surface area (TPSA) is 64.3 Å². The first kappa shape index (κ1) is 14.7. The lowest BCUT2D eigenvalue weighted by Gasteiger charge is -2.17. The summed E-state index contributed by atoms with van der Waals surface area (Å²) >= 11 is 0. The molecule has 0 saturated carbocycles. The lowest BCUT2D eigenvalue weighted by molar-refractivity contribution is -0.116. The van der Waals surface area contributed by atoms with Crippen LogP contribution in [0.1, 0.15) is 32.3 Å². The number of carbonyl (C=O) groups is 1. The van der Waals surface area contributed by atoms with Crippen LogP contribution in [0.4, 0.5) is 5.69 Å². The minimum Gasteiger partial charge on any atom is -0.380 e. The van der Waals surface area contributed by atoms with E-state index in [4.69, 9.17) is 10.5 Å². The number of hydrogen-bond donors (Lipinski definition) is 2. The van der Waals surface area contributed by atoms with E-state index in [0.717, 1.165) is 11.3 Å². The fourth-order valence-electron chi connectivity index (χ4n) is 1.56. The van der Waals surface area contributed by atoms with Crippen LogP contribution in [0.25, 0.3) is 0 Å². The van der Waals surface area contributed by atoms with Crippen molar-refractivity contribution in [2.45, 2.75) is 38.8 Å². The Balaban J connectivity index is 2.51. The number of amides is 1. The van der Waals surface area contributed by atoms with E-state index >= 15 is 0 Å². The largest absolute Gasteiger partial charge is 0.380 e. The van der Waals surface area contributed by atoms with Gasteiger partial charge in [-0.3, -0.25) is 4.79 Å². The van der Waals surface area contributed by atoms with Gasteiger partial charge in [0.1, 0.15) is 0 Å². The molecule has 1 rings (SSSR count). The Morgan fingerprint density at radius 1 is 1.44 bits per heavy atom. The Hall–Kier alpha value is -1.39. The summed E-state index contributed by atoms with van der Waals surface area (Å²) in [5.41, 5.74) is 7.37. The molecule has 1 amide bonds. The molecule has 3 N–H and O–H groups in total. The first-order valence-corrected chi connectivity index (χ1v) is 6.07. The van der Waals surface area contributed by atoms with Crippen molar-refractivity contribution in [3.05, 3.63) is 29.8 Å². The third-order valence-electron chi connectivity index (χ3n) is 2.52. The number of anilines is 1. The zero-order chi connectivity index (χ0) is 13.6. The van der Waals surface area contributed by atoms with Crippen molar-refractivity contribution in [2.24, 2.45) is 5.73 Å². The van der Waals surface area contributed by atoms with E-state index in [9.17, 15) is 4.79 Å². The van der Waals surface area contributed by atoms with E-state index in [0.29, 0.717) is 19.4 Å². The van der Waals surface area contributed by atoms with E-state index in [1.54, 1.807) is 7.11 Å². The highest BCUT2D eigenvalue weighted by atomic mass is 16.5. The van der Waals surface area contributed by atoms with E-state index < -0.39 is 0 Å². The molecule has 1 aromatic rings. The van der Waals surface area contributed by atoms with Gasteiger partial charge in [-0.25, -0.2) is 0 Å². The Morgan fingerprint density at radius 3 is 2.78 bits per heavy atom. The van der Waals surface area contributed by atoms with Crippen LogP contribution in [0.5, 0.6) is 0 Å². The summed E-state index contributed by atoms with van der Waals surface area (Å²) in [5, 5.41) is 2.86. The van der Waals surface area contributed by atoms with Crippen molar-refractivity contribution in [2.75, 3.05) is 12.4 Å². The van der Waals surface area contributed by atoms with Crippen LogP contribution >= 0.6 is 0 Å². The Bertz CT molecular complexity index is 397. The molecule has 0 aliphatic heterocycles. The summed E-state index contributed by atoms with van der Waals surface area (Å²) in [6, 6.07) is 7.64. The molecule has 0 bridgehead atoms. The maximum atomic E-state index is 11.7. The van der Waals surface area contributed by atoms with Gasteiger partial charge >= 0.3 is 0 Å². The Labute approximate surface area is 109 Å². The quantitative estimate of drug-likeness (QED) is 0.814. The second-order valence-electron chi connectivity index (χ2n) is 5.17. The fraction of sp³-hybridized carbons (Fsp3) is 0.500. The monoisotopic (exact) mass is 250 g/mol. The first-order chi connectivity index (χ1) is 8.40. The number of methoxy groups -OCH3 is 1. The highest BCUT2D eigenvalue weighted by Gasteiger charge is 2.13. The molecule has 1 aromatic carbocycles. The molecule has 4 nitrogen and oxygen atoms in total. The molecular weight excluding hydrogens is 228 g/mol. The minimum atomic E-state index is -0.310. The van der Waals surface area contributed by atoms with E-state index in [2.05, 4.69) is 5.32 Å². The van der Waals surface area contributed by atoms with E-state index in [1.807, 2.05) is 38.1 Å². The average Bonchev–Trinajstić information content (AvgIpc) is 2.26. The molecule has 0 aliphatic carbocycles. The van der Waals surface area contributed by atoms with Crippen LogP contribution in [-0.2, 0) is 16.1 Å². The molecule has 0 unspecified atom stereocenters. The summed E-state index contributed by atoms with van der Waals surface area (Å²) in [5.74, 6) is -0.0110. The van der Waals surface area contributed by atoms with Gasteiger partial charge in [-0.15, -0.1) is 0 Å². The number of hydrogen-bond acceptors (Lipinski definition) is 3. The minimum absolute atomic E-state index is 0.0110. The molecule has 0 aliphatic rings. The van der Waals surface area contributed by atoms with Gasteiger partial charge in [0.05, 0.1) is 6.61 Å². The van der Waals surface area contributed by atoms with Crippen molar-refractivity contribution in [1.29, 1.82) is 0 Å². The Kier molecular flexibility index (Phi) is 5.31. The number of nitrogens with one attached hydrogen (secondary N) is 1. The van der Waals surface area contributed by atoms with Crippen molar-refractivity contribution >= 4 is 11.6 Å². The molecule has 0 radical (unpaired) electrons. The smallest absolute Gasteiger partial charge is 0.224 e. The summed E-state index contributed by atoms with van der Waals surface area (Å²) in [6.45, 7) is 4.37. The zero-order valence-corrected chi connectivity index (χ0v) is 11.3. The molecule has 100 valence electrons. The van der Waals surface area contributed by atoms with Crippen LogP contribution < -0.4 is 11.1 Å². The number of nitrogens with two attached hydrogens (primary N) is 1. The van der Waals surface area contributed by atoms with Gasteiger partial charge in [-0.2, -0.15) is 0 Å². The maximum absolute atomic E-state index is 11.7. The van der Waals surface area contributed by atoms with E-state index in [-0.39, 0.29) is 11.4 Å². The predicted molar refractivity (Wildman–Crippen MR) is 73.3 cm³/mol. The van der Waals surface area contributed by atoms with Crippen LogP contribution in [0.2, 0.25) is 0 Å². The van der Waals surface area contributed by atoms with Gasteiger partial charge in [0, 0.05) is 24.8 Å². The van der Waals surface area contributed by atoms with E-state index in [1.165, 1.54) is 0 Å². The molecule has 0 fully saturated rings. The van der Waals surface area contributed by atoms with Gasteiger partial charge < -0.3 is 15.8 Å². The van der Waals surface area contributed by atoms with Gasteiger partial charge in [-0.05, 0) is 38.0 Å². The van der Waals surface area contributed by atoms with Crippen molar-refractivity contribution in [3.63, 3.8) is 0 Å². The summed E-state index contributed by atoms with van der Waals surface area (Å²) < 4.78 is 5.05. The maximum Gasteiger partial charge on any atom is 0.224 e. The highest BCUT2D eigenvalue weighted by molar-refractivity contribution is 5.90. The standard InChI is InChI=1S/C14H22N2O2/c1-14(2,15)8-7-13(17)16-12-6-4-5-11(9-12)10-18-3/h4-6,9H,7-8,10,15H2,1-3H3,(H,16,17). The van der Waals surface area contributed by atoms with Crippen LogP contribution in [0, 0.1) is 0 Å². The third-order valence-corrected chi connectivity index (χ3v) is 2.52. The second kappa shape index (κ2) is 6.52. The zero-order valence-electron chi connectivity index (χ0n) is 11.3. The lowest BCUT2D eigenvalue weighted by atomic mass is 10.00. The van der Waals surface area contributed by atoms with Crippen LogP contribution in [0.3, 0.4) is 0 Å². The number of ether oxygens (including phenoxy) is 1. The van der Waals surface area contributed by atoms with Gasteiger partial charge in [-0.1, -0.05) is 12.1 Å².